The minimum absolute atomic E-state index is 0.0920. The normalized spacial score (nSPS) is 15.8. The predicted molar refractivity (Wildman–Crippen MR) is 111 cm³/mol. The van der Waals surface area contributed by atoms with Gasteiger partial charge in [-0.05, 0) is 49.2 Å². The first-order valence-corrected chi connectivity index (χ1v) is 10.4. The van der Waals surface area contributed by atoms with E-state index in [9.17, 15) is 4.79 Å². The fourth-order valence-electron chi connectivity index (χ4n) is 3.31. The molecule has 1 unspecified atom stereocenters. The molecule has 0 spiro atoms. The van der Waals surface area contributed by atoms with Crippen molar-refractivity contribution in [2.45, 2.75) is 30.4 Å². The zero-order chi connectivity index (χ0) is 18.5. The largest absolute Gasteiger partial charge is 0.368 e. The smallest absolute Gasteiger partial charge is 0.235 e. The summed E-state index contributed by atoms with van der Waals surface area (Å²) < 4.78 is 0. The summed E-state index contributed by atoms with van der Waals surface area (Å²) in [6, 6.07) is 16.2. The van der Waals surface area contributed by atoms with Gasteiger partial charge in [0.25, 0.3) is 0 Å². The van der Waals surface area contributed by atoms with Crippen molar-refractivity contribution in [3.05, 3.63) is 59.1 Å². The monoisotopic (exact) mass is 388 g/mol. The van der Waals surface area contributed by atoms with Crippen LogP contribution in [-0.2, 0) is 11.2 Å². The molecule has 5 heteroatoms. The number of carbonyl (C=O) groups excluding carboxylic acids is 1. The number of anilines is 1. The molecule has 1 atom stereocenters. The molecule has 0 aromatic heterocycles. The van der Waals surface area contributed by atoms with Crippen LogP contribution in [0.5, 0.6) is 0 Å². The van der Waals surface area contributed by atoms with Gasteiger partial charge in [0.05, 0.1) is 5.25 Å². The van der Waals surface area contributed by atoms with E-state index >= 15 is 0 Å². The van der Waals surface area contributed by atoms with Crippen molar-refractivity contribution >= 4 is 35.0 Å². The van der Waals surface area contributed by atoms with E-state index in [2.05, 4.69) is 36.1 Å². The van der Waals surface area contributed by atoms with E-state index in [-0.39, 0.29) is 11.2 Å². The molecular formula is C21H25ClN2OS. The fourth-order valence-corrected chi connectivity index (χ4v) is 4.39. The Morgan fingerprint density at radius 3 is 2.38 bits per heavy atom. The highest BCUT2D eigenvalue weighted by atomic mass is 35.5. The molecule has 0 N–H and O–H groups in total. The maximum absolute atomic E-state index is 12.8. The number of nitrogens with zero attached hydrogens (tertiary/aromatic N) is 2. The van der Waals surface area contributed by atoms with E-state index < -0.39 is 0 Å². The van der Waals surface area contributed by atoms with Crippen LogP contribution in [0.1, 0.15) is 19.4 Å². The lowest BCUT2D eigenvalue weighted by atomic mass is 10.1. The third kappa shape index (κ3) is 4.54. The first-order valence-electron chi connectivity index (χ1n) is 9.12. The topological polar surface area (TPSA) is 23.6 Å². The standard InChI is InChI=1S/C21H25ClN2OS/c1-3-17-6-4-5-7-20(17)23-12-14-24(15-13-23)21(25)16(2)26-19-10-8-18(22)9-11-19/h4-11,16H,3,12-15H2,1-2H3. The van der Waals surface area contributed by atoms with Crippen molar-refractivity contribution in [3.63, 3.8) is 0 Å². The molecule has 2 aromatic carbocycles. The molecule has 1 heterocycles. The molecule has 0 radical (unpaired) electrons. The molecule has 26 heavy (non-hydrogen) atoms. The van der Waals surface area contributed by atoms with Gasteiger partial charge in [-0.25, -0.2) is 0 Å². The number of benzene rings is 2. The first kappa shape index (κ1) is 19.1. The Labute approximate surface area is 165 Å². The number of hydrogen-bond donors (Lipinski definition) is 0. The lowest BCUT2D eigenvalue weighted by Crippen LogP contribution is -2.50. The summed E-state index contributed by atoms with van der Waals surface area (Å²) in [6.07, 6.45) is 1.03. The third-order valence-corrected chi connectivity index (χ3v) is 6.13. The quantitative estimate of drug-likeness (QED) is 0.691. The van der Waals surface area contributed by atoms with Crippen LogP contribution in [0.3, 0.4) is 0 Å². The summed E-state index contributed by atoms with van der Waals surface area (Å²) in [5.41, 5.74) is 2.68. The summed E-state index contributed by atoms with van der Waals surface area (Å²) in [5, 5.41) is 0.627. The van der Waals surface area contributed by atoms with Crippen molar-refractivity contribution < 1.29 is 4.79 Å². The Bertz CT molecular complexity index is 742. The van der Waals surface area contributed by atoms with Crippen molar-refractivity contribution in [2.24, 2.45) is 0 Å². The molecule has 138 valence electrons. The number of thioether (sulfide) groups is 1. The molecule has 0 bridgehead atoms. The lowest BCUT2D eigenvalue weighted by Gasteiger charge is -2.38. The second kappa shape index (κ2) is 8.83. The Morgan fingerprint density at radius 2 is 1.73 bits per heavy atom. The van der Waals surface area contributed by atoms with Crippen LogP contribution in [0.2, 0.25) is 5.02 Å². The lowest BCUT2D eigenvalue weighted by molar-refractivity contribution is -0.130. The SMILES string of the molecule is CCc1ccccc1N1CCN(C(=O)C(C)Sc2ccc(Cl)cc2)CC1. The van der Waals surface area contributed by atoms with Gasteiger partial charge in [0.2, 0.25) is 5.91 Å². The van der Waals surface area contributed by atoms with Gasteiger partial charge in [0.1, 0.15) is 0 Å². The van der Waals surface area contributed by atoms with Crippen LogP contribution < -0.4 is 4.90 Å². The summed E-state index contributed by atoms with van der Waals surface area (Å²) in [4.78, 5) is 18.3. The summed E-state index contributed by atoms with van der Waals surface area (Å²) in [6.45, 7) is 7.52. The Hall–Kier alpha value is -1.65. The maximum atomic E-state index is 12.8. The number of carbonyl (C=O) groups is 1. The highest BCUT2D eigenvalue weighted by molar-refractivity contribution is 8.00. The average Bonchev–Trinajstić information content (AvgIpc) is 2.69. The van der Waals surface area contributed by atoms with E-state index in [1.165, 1.54) is 11.3 Å². The number of hydrogen-bond acceptors (Lipinski definition) is 3. The van der Waals surface area contributed by atoms with Gasteiger partial charge in [-0.3, -0.25) is 4.79 Å². The van der Waals surface area contributed by atoms with Crippen molar-refractivity contribution in [1.29, 1.82) is 0 Å². The number of amides is 1. The minimum atomic E-state index is -0.0920. The van der Waals surface area contributed by atoms with Crippen molar-refractivity contribution in [2.75, 3.05) is 31.1 Å². The number of para-hydroxylation sites is 1. The minimum Gasteiger partial charge on any atom is -0.368 e. The van der Waals surface area contributed by atoms with Crippen LogP contribution in [0, 0.1) is 0 Å². The zero-order valence-electron chi connectivity index (χ0n) is 15.3. The van der Waals surface area contributed by atoms with Gasteiger partial charge >= 0.3 is 0 Å². The zero-order valence-corrected chi connectivity index (χ0v) is 16.9. The molecule has 1 fully saturated rings. The van der Waals surface area contributed by atoms with E-state index in [0.717, 1.165) is 42.5 Å². The highest BCUT2D eigenvalue weighted by Crippen LogP contribution is 2.27. The van der Waals surface area contributed by atoms with Gasteiger partial charge in [-0.2, -0.15) is 0 Å². The Kier molecular flexibility index (Phi) is 6.49. The second-order valence-corrected chi connectivity index (χ2v) is 8.36. The molecule has 0 saturated carbocycles. The van der Waals surface area contributed by atoms with Gasteiger partial charge in [-0.1, -0.05) is 36.7 Å². The predicted octanol–water partition coefficient (Wildman–Crippen LogP) is 4.73. The van der Waals surface area contributed by atoms with E-state index in [1.807, 2.05) is 36.1 Å². The molecular weight excluding hydrogens is 364 g/mol. The molecule has 1 aliphatic heterocycles. The second-order valence-electron chi connectivity index (χ2n) is 6.51. The molecule has 0 aliphatic carbocycles. The van der Waals surface area contributed by atoms with Gasteiger partial charge < -0.3 is 9.80 Å². The van der Waals surface area contributed by atoms with E-state index in [1.54, 1.807) is 11.8 Å². The molecule has 3 rings (SSSR count). The summed E-state index contributed by atoms with van der Waals surface area (Å²) in [5.74, 6) is 0.216. The van der Waals surface area contributed by atoms with Crippen LogP contribution in [0.15, 0.2) is 53.4 Å². The number of rotatable bonds is 5. The van der Waals surface area contributed by atoms with Crippen molar-refractivity contribution in [1.82, 2.24) is 4.90 Å². The Balaban J connectivity index is 1.57. The molecule has 1 saturated heterocycles. The highest BCUT2D eigenvalue weighted by Gasteiger charge is 2.26. The summed E-state index contributed by atoms with van der Waals surface area (Å²) >= 11 is 7.52. The van der Waals surface area contributed by atoms with E-state index in [0.29, 0.717) is 0 Å². The van der Waals surface area contributed by atoms with Crippen molar-refractivity contribution in [3.8, 4) is 0 Å². The number of aryl methyl sites for hydroxylation is 1. The van der Waals surface area contributed by atoms with E-state index in [4.69, 9.17) is 11.6 Å². The van der Waals surface area contributed by atoms with Crippen LogP contribution in [-0.4, -0.2) is 42.2 Å². The Morgan fingerprint density at radius 1 is 1.08 bits per heavy atom. The molecule has 2 aromatic rings. The van der Waals surface area contributed by atoms with Crippen LogP contribution in [0.25, 0.3) is 0 Å². The van der Waals surface area contributed by atoms with Gasteiger partial charge in [0, 0.05) is 41.8 Å². The average molecular weight is 389 g/mol. The third-order valence-electron chi connectivity index (χ3n) is 4.78. The molecule has 1 amide bonds. The number of piperazine rings is 1. The molecule has 3 nitrogen and oxygen atoms in total. The first-order chi connectivity index (χ1) is 12.6. The molecule has 1 aliphatic rings. The van der Waals surface area contributed by atoms with Gasteiger partial charge in [0.15, 0.2) is 0 Å². The number of halogens is 1. The maximum Gasteiger partial charge on any atom is 0.235 e. The summed E-state index contributed by atoms with van der Waals surface area (Å²) in [7, 11) is 0. The van der Waals surface area contributed by atoms with Gasteiger partial charge in [-0.15, -0.1) is 11.8 Å². The fraction of sp³-hybridized carbons (Fsp3) is 0.381. The van der Waals surface area contributed by atoms with Crippen LogP contribution in [0.4, 0.5) is 5.69 Å². The van der Waals surface area contributed by atoms with Crippen LogP contribution >= 0.6 is 23.4 Å².